The van der Waals surface area contributed by atoms with Crippen molar-refractivity contribution in [1.82, 2.24) is 5.32 Å². The largest absolute Gasteiger partial charge is 0.455 e. The van der Waals surface area contributed by atoms with Gasteiger partial charge < -0.3 is 15.8 Å². The number of ether oxygens (including phenoxy) is 1. The number of amides is 1. The number of hydrogen-bond donors (Lipinski definition) is 2. The maximum atomic E-state index is 11.6. The molecule has 0 saturated heterocycles. The fourth-order valence-electron chi connectivity index (χ4n) is 2.12. The van der Waals surface area contributed by atoms with E-state index in [1.807, 2.05) is 26.8 Å². The summed E-state index contributed by atoms with van der Waals surface area (Å²) in [5.41, 5.74) is 10.2. The summed E-state index contributed by atoms with van der Waals surface area (Å²) in [5, 5.41) is 2.57. The minimum Gasteiger partial charge on any atom is -0.455 e. The molecule has 0 spiro atoms. The molecule has 4 nitrogen and oxygen atoms in total. The van der Waals surface area contributed by atoms with Gasteiger partial charge in [-0.15, -0.1) is 0 Å². The first-order valence-corrected chi connectivity index (χ1v) is 6.80. The normalized spacial score (nSPS) is 10.3. The molecule has 3 N–H and O–H groups in total. The van der Waals surface area contributed by atoms with Crippen molar-refractivity contribution in [1.29, 1.82) is 0 Å². The van der Waals surface area contributed by atoms with E-state index >= 15 is 0 Å². The number of carbonyl (C=O) groups is 1. The first-order valence-electron chi connectivity index (χ1n) is 6.80. The van der Waals surface area contributed by atoms with E-state index in [0.29, 0.717) is 17.0 Å². The lowest BCUT2D eigenvalue weighted by atomic mass is 10.1. The molecule has 21 heavy (non-hydrogen) atoms. The Bertz CT molecular complexity index is 693. The maximum absolute atomic E-state index is 11.6. The first-order chi connectivity index (χ1) is 9.93. The molecular weight excluding hydrogens is 264 g/mol. The summed E-state index contributed by atoms with van der Waals surface area (Å²) >= 11 is 0. The number of nitrogen functional groups attached to an aromatic ring is 1. The first kappa shape index (κ1) is 14.9. The molecule has 2 rings (SSSR count). The number of nitrogens with one attached hydrogen (secondary N) is 1. The van der Waals surface area contributed by atoms with E-state index in [-0.39, 0.29) is 5.91 Å². The fourth-order valence-corrected chi connectivity index (χ4v) is 2.12. The van der Waals surface area contributed by atoms with Crippen molar-refractivity contribution in [2.45, 2.75) is 20.8 Å². The molecule has 2 aromatic carbocycles. The summed E-state index contributed by atoms with van der Waals surface area (Å²) < 4.78 is 5.96. The van der Waals surface area contributed by atoms with Gasteiger partial charge in [-0.3, -0.25) is 4.79 Å². The van der Waals surface area contributed by atoms with Crippen LogP contribution in [0.3, 0.4) is 0 Å². The van der Waals surface area contributed by atoms with Crippen LogP contribution < -0.4 is 15.8 Å². The zero-order valence-corrected chi connectivity index (χ0v) is 12.8. The van der Waals surface area contributed by atoms with Crippen LogP contribution in [0.4, 0.5) is 5.69 Å². The van der Waals surface area contributed by atoms with Gasteiger partial charge in [0.15, 0.2) is 0 Å². The van der Waals surface area contributed by atoms with Gasteiger partial charge in [0.2, 0.25) is 0 Å². The highest BCUT2D eigenvalue weighted by atomic mass is 16.5. The molecule has 0 aromatic heterocycles. The van der Waals surface area contributed by atoms with Gasteiger partial charge in [0.25, 0.3) is 5.91 Å². The average molecular weight is 284 g/mol. The molecule has 0 bridgehead atoms. The number of rotatable bonds is 3. The van der Waals surface area contributed by atoms with Crippen LogP contribution in [0.15, 0.2) is 30.3 Å². The lowest BCUT2D eigenvalue weighted by Gasteiger charge is -2.15. The number of aryl methyl sites for hydroxylation is 2. The van der Waals surface area contributed by atoms with Crippen LogP contribution in [-0.4, -0.2) is 13.0 Å². The Morgan fingerprint density at radius 2 is 1.76 bits per heavy atom. The molecule has 0 unspecified atom stereocenters. The van der Waals surface area contributed by atoms with E-state index in [9.17, 15) is 4.79 Å². The van der Waals surface area contributed by atoms with Crippen LogP contribution in [-0.2, 0) is 0 Å². The smallest absolute Gasteiger partial charge is 0.251 e. The van der Waals surface area contributed by atoms with E-state index in [2.05, 4.69) is 11.4 Å². The average Bonchev–Trinajstić information content (AvgIpc) is 2.48. The standard InChI is InChI=1S/C17H20N2O2/c1-10-5-6-11(2)16(12(10)3)21-15-8-7-13(9-14(15)18)17(20)19-4/h5-9H,18H2,1-4H3,(H,19,20). The summed E-state index contributed by atoms with van der Waals surface area (Å²) in [6.07, 6.45) is 0. The molecular formula is C17H20N2O2. The van der Waals surface area contributed by atoms with Gasteiger partial charge in [-0.2, -0.15) is 0 Å². The van der Waals surface area contributed by atoms with Crippen molar-refractivity contribution in [2.24, 2.45) is 0 Å². The fraction of sp³-hybridized carbons (Fsp3) is 0.235. The van der Waals surface area contributed by atoms with Crippen molar-refractivity contribution in [3.05, 3.63) is 52.6 Å². The highest BCUT2D eigenvalue weighted by Crippen LogP contribution is 2.33. The predicted octanol–water partition coefficient (Wildman–Crippen LogP) is 3.35. The van der Waals surface area contributed by atoms with E-state index < -0.39 is 0 Å². The van der Waals surface area contributed by atoms with Gasteiger partial charge in [0, 0.05) is 12.6 Å². The molecule has 0 atom stereocenters. The number of carbonyl (C=O) groups excluding carboxylic acids is 1. The Morgan fingerprint density at radius 1 is 1.10 bits per heavy atom. The molecule has 1 amide bonds. The summed E-state index contributed by atoms with van der Waals surface area (Å²) in [7, 11) is 1.59. The molecule has 0 aliphatic carbocycles. The van der Waals surface area contributed by atoms with Gasteiger partial charge in [0.1, 0.15) is 11.5 Å². The predicted molar refractivity (Wildman–Crippen MR) is 85.0 cm³/mol. The number of benzene rings is 2. The summed E-state index contributed by atoms with van der Waals surface area (Å²) in [6.45, 7) is 6.06. The summed E-state index contributed by atoms with van der Waals surface area (Å²) in [4.78, 5) is 11.6. The van der Waals surface area contributed by atoms with Crippen LogP contribution in [0.25, 0.3) is 0 Å². The second-order valence-corrected chi connectivity index (χ2v) is 5.09. The van der Waals surface area contributed by atoms with Crippen LogP contribution >= 0.6 is 0 Å². The van der Waals surface area contributed by atoms with Crippen molar-refractivity contribution >= 4 is 11.6 Å². The topological polar surface area (TPSA) is 64.3 Å². The zero-order chi connectivity index (χ0) is 15.6. The molecule has 0 heterocycles. The quantitative estimate of drug-likeness (QED) is 0.850. The Kier molecular flexibility index (Phi) is 4.17. The third-order valence-corrected chi connectivity index (χ3v) is 3.58. The SMILES string of the molecule is CNC(=O)c1ccc(Oc2c(C)ccc(C)c2C)c(N)c1. The van der Waals surface area contributed by atoms with E-state index in [1.165, 1.54) is 0 Å². The van der Waals surface area contributed by atoms with Gasteiger partial charge in [0.05, 0.1) is 5.69 Å². The molecule has 0 aliphatic rings. The van der Waals surface area contributed by atoms with Gasteiger partial charge in [-0.25, -0.2) is 0 Å². The lowest BCUT2D eigenvalue weighted by Crippen LogP contribution is -2.17. The van der Waals surface area contributed by atoms with Crippen molar-refractivity contribution in [3.8, 4) is 11.5 Å². The summed E-state index contributed by atoms with van der Waals surface area (Å²) in [6, 6.07) is 9.13. The number of anilines is 1. The minimum absolute atomic E-state index is 0.170. The van der Waals surface area contributed by atoms with E-state index in [1.54, 1.807) is 25.2 Å². The van der Waals surface area contributed by atoms with Crippen LogP contribution in [0.2, 0.25) is 0 Å². The number of hydrogen-bond acceptors (Lipinski definition) is 3. The van der Waals surface area contributed by atoms with Gasteiger partial charge in [-0.05, 0) is 55.7 Å². The third-order valence-electron chi connectivity index (χ3n) is 3.58. The lowest BCUT2D eigenvalue weighted by molar-refractivity contribution is 0.0963. The van der Waals surface area contributed by atoms with Gasteiger partial charge >= 0.3 is 0 Å². The second-order valence-electron chi connectivity index (χ2n) is 5.09. The number of nitrogens with two attached hydrogens (primary N) is 1. The molecule has 0 radical (unpaired) electrons. The molecule has 0 saturated carbocycles. The molecule has 110 valence electrons. The van der Waals surface area contributed by atoms with Crippen LogP contribution in [0.1, 0.15) is 27.0 Å². The molecule has 0 fully saturated rings. The Balaban J connectivity index is 2.37. The highest BCUT2D eigenvalue weighted by Gasteiger charge is 2.11. The Labute approximate surface area is 124 Å². The molecule has 4 heteroatoms. The van der Waals surface area contributed by atoms with Gasteiger partial charge in [-0.1, -0.05) is 12.1 Å². The van der Waals surface area contributed by atoms with E-state index in [4.69, 9.17) is 10.5 Å². The Hall–Kier alpha value is -2.49. The van der Waals surface area contributed by atoms with Crippen molar-refractivity contribution in [3.63, 3.8) is 0 Å². The van der Waals surface area contributed by atoms with E-state index in [0.717, 1.165) is 22.4 Å². The van der Waals surface area contributed by atoms with Crippen molar-refractivity contribution in [2.75, 3.05) is 12.8 Å². The maximum Gasteiger partial charge on any atom is 0.251 e. The van der Waals surface area contributed by atoms with Crippen molar-refractivity contribution < 1.29 is 9.53 Å². The third kappa shape index (κ3) is 2.99. The van der Waals surface area contributed by atoms with Crippen LogP contribution in [0, 0.1) is 20.8 Å². The monoisotopic (exact) mass is 284 g/mol. The Morgan fingerprint density at radius 3 is 2.38 bits per heavy atom. The second kappa shape index (κ2) is 5.87. The highest BCUT2D eigenvalue weighted by molar-refractivity contribution is 5.95. The molecule has 2 aromatic rings. The summed E-state index contributed by atoms with van der Waals surface area (Å²) in [5.74, 6) is 1.20. The molecule has 0 aliphatic heterocycles. The zero-order valence-electron chi connectivity index (χ0n) is 12.8. The minimum atomic E-state index is -0.170. The van der Waals surface area contributed by atoms with Crippen LogP contribution in [0.5, 0.6) is 11.5 Å².